The first-order chi connectivity index (χ1) is 9.82. The molecule has 0 amide bonds. The monoisotopic (exact) mass is 320 g/mol. The fourth-order valence-corrected chi connectivity index (χ4v) is 2.22. The van der Waals surface area contributed by atoms with Gasteiger partial charge in [0, 0.05) is 5.56 Å². The molecule has 21 heavy (non-hydrogen) atoms. The van der Waals surface area contributed by atoms with Gasteiger partial charge in [-0.25, -0.2) is 22.0 Å². The first kappa shape index (κ1) is 15.3. The SMILES string of the molecule is O=C(Sc1c(F)c(F)c(F)c(F)c1F)c1ccc(O)cc1. The summed E-state index contributed by atoms with van der Waals surface area (Å²) in [5.41, 5.74) is -0.0678. The maximum Gasteiger partial charge on any atom is 0.224 e. The van der Waals surface area contributed by atoms with E-state index < -0.39 is 39.1 Å². The Hall–Kier alpha value is -2.09. The van der Waals surface area contributed by atoms with Crippen LogP contribution in [0.15, 0.2) is 29.2 Å². The van der Waals surface area contributed by atoms with E-state index in [0.717, 1.165) is 24.3 Å². The van der Waals surface area contributed by atoms with E-state index in [1.807, 2.05) is 0 Å². The van der Waals surface area contributed by atoms with Crippen LogP contribution in [0.4, 0.5) is 22.0 Å². The highest BCUT2D eigenvalue weighted by atomic mass is 32.2. The molecule has 8 heteroatoms. The zero-order valence-electron chi connectivity index (χ0n) is 9.96. The quantitative estimate of drug-likeness (QED) is 0.393. The van der Waals surface area contributed by atoms with Crippen LogP contribution in [0.3, 0.4) is 0 Å². The van der Waals surface area contributed by atoms with E-state index in [0.29, 0.717) is 0 Å². The Morgan fingerprint density at radius 3 is 1.71 bits per heavy atom. The third kappa shape index (κ3) is 2.85. The van der Waals surface area contributed by atoms with Crippen LogP contribution in [0, 0.1) is 29.1 Å². The predicted molar refractivity (Wildman–Crippen MR) is 64.5 cm³/mol. The van der Waals surface area contributed by atoms with E-state index in [2.05, 4.69) is 0 Å². The summed E-state index contributed by atoms with van der Waals surface area (Å²) in [7, 11) is 0. The number of halogens is 5. The molecule has 0 aromatic heterocycles. The van der Waals surface area contributed by atoms with Crippen LogP contribution in [-0.4, -0.2) is 10.2 Å². The van der Waals surface area contributed by atoms with Gasteiger partial charge in [0.05, 0.1) is 4.90 Å². The van der Waals surface area contributed by atoms with Crippen LogP contribution < -0.4 is 0 Å². The number of hydrogen-bond acceptors (Lipinski definition) is 3. The first-order valence-corrected chi connectivity index (χ1v) is 6.17. The van der Waals surface area contributed by atoms with Crippen LogP contribution >= 0.6 is 11.8 Å². The lowest BCUT2D eigenvalue weighted by Crippen LogP contribution is -2.05. The number of carbonyl (C=O) groups excluding carboxylic acids is 1. The zero-order valence-corrected chi connectivity index (χ0v) is 10.8. The fourth-order valence-electron chi connectivity index (χ4n) is 1.42. The molecule has 0 aliphatic carbocycles. The number of benzene rings is 2. The van der Waals surface area contributed by atoms with E-state index in [1.165, 1.54) is 0 Å². The summed E-state index contributed by atoms with van der Waals surface area (Å²) in [5.74, 6) is -10.8. The molecule has 2 rings (SSSR count). The van der Waals surface area contributed by atoms with Crippen molar-refractivity contribution in [2.75, 3.05) is 0 Å². The molecule has 0 heterocycles. The number of phenolic OH excluding ortho intramolecular Hbond substituents is 1. The summed E-state index contributed by atoms with van der Waals surface area (Å²) >= 11 is -0.124. The van der Waals surface area contributed by atoms with Gasteiger partial charge >= 0.3 is 0 Å². The molecule has 2 nitrogen and oxygen atoms in total. The molecule has 2 aromatic carbocycles. The third-order valence-corrected chi connectivity index (χ3v) is 3.45. The summed E-state index contributed by atoms with van der Waals surface area (Å²) < 4.78 is 65.6. The molecule has 0 fully saturated rings. The molecule has 0 aliphatic rings. The lowest BCUT2D eigenvalue weighted by Gasteiger charge is -2.07. The summed E-state index contributed by atoms with van der Waals surface area (Å²) in [6, 6.07) is 4.59. The van der Waals surface area contributed by atoms with Gasteiger partial charge in [0.15, 0.2) is 23.3 Å². The Bertz CT molecular complexity index is 686. The van der Waals surface area contributed by atoms with Gasteiger partial charge < -0.3 is 5.11 Å². The molecule has 0 aliphatic heterocycles. The van der Waals surface area contributed by atoms with Gasteiger partial charge in [-0.3, -0.25) is 4.79 Å². The lowest BCUT2D eigenvalue weighted by molar-refractivity contribution is 0.108. The Morgan fingerprint density at radius 1 is 0.810 bits per heavy atom. The molecule has 0 spiro atoms. The molecular weight excluding hydrogens is 315 g/mol. The van der Waals surface area contributed by atoms with Gasteiger partial charge in [0.1, 0.15) is 5.75 Å². The van der Waals surface area contributed by atoms with Gasteiger partial charge in [-0.1, -0.05) is 0 Å². The number of hydrogen-bond donors (Lipinski definition) is 1. The van der Waals surface area contributed by atoms with E-state index >= 15 is 0 Å². The maximum atomic E-state index is 13.4. The molecule has 1 N–H and O–H groups in total. The summed E-state index contributed by atoms with van der Waals surface area (Å²) in [6.45, 7) is 0. The normalized spacial score (nSPS) is 10.7. The van der Waals surface area contributed by atoms with Crippen molar-refractivity contribution >= 4 is 16.9 Å². The van der Waals surface area contributed by atoms with Crippen LogP contribution in [0.1, 0.15) is 10.4 Å². The Balaban J connectivity index is 2.40. The van der Waals surface area contributed by atoms with Crippen molar-refractivity contribution in [1.29, 1.82) is 0 Å². The highest BCUT2D eigenvalue weighted by molar-refractivity contribution is 8.14. The van der Waals surface area contributed by atoms with Crippen molar-refractivity contribution in [1.82, 2.24) is 0 Å². The van der Waals surface area contributed by atoms with Crippen LogP contribution in [0.5, 0.6) is 5.75 Å². The fraction of sp³-hybridized carbons (Fsp3) is 0. The van der Waals surface area contributed by atoms with Gasteiger partial charge in [-0.05, 0) is 36.0 Å². The topological polar surface area (TPSA) is 37.3 Å². The van der Waals surface area contributed by atoms with Crippen LogP contribution in [0.2, 0.25) is 0 Å². The maximum absolute atomic E-state index is 13.4. The van der Waals surface area contributed by atoms with Crippen molar-refractivity contribution in [3.05, 3.63) is 58.9 Å². The molecular formula is C13H5F5O2S. The Kier molecular flexibility index (Phi) is 4.17. The second-order valence-corrected chi connectivity index (χ2v) is 4.82. The predicted octanol–water partition coefficient (Wildman–Crippen LogP) is 4.02. The zero-order chi connectivity index (χ0) is 15.7. The first-order valence-electron chi connectivity index (χ1n) is 5.35. The smallest absolute Gasteiger partial charge is 0.224 e. The Labute approximate surface area is 119 Å². The van der Waals surface area contributed by atoms with Crippen molar-refractivity contribution < 1.29 is 31.9 Å². The molecule has 110 valence electrons. The molecule has 0 saturated carbocycles. The summed E-state index contributed by atoms with van der Waals surface area (Å²) in [4.78, 5) is 10.5. The van der Waals surface area contributed by atoms with Crippen molar-refractivity contribution in [3.8, 4) is 5.75 Å². The number of thioether (sulfide) groups is 1. The van der Waals surface area contributed by atoms with Crippen LogP contribution in [-0.2, 0) is 0 Å². The second-order valence-electron chi connectivity index (χ2n) is 3.84. The van der Waals surface area contributed by atoms with E-state index in [4.69, 9.17) is 5.11 Å². The minimum Gasteiger partial charge on any atom is -0.508 e. The number of phenols is 1. The summed E-state index contributed by atoms with van der Waals surface area (Å²) in [6.07, 6.45) is 0. The van der Waals surface area contributed by atoms with E-state index in [-0.39, 0.29) is 23.1 Å². The minimum absolute atomic E-state index is 0.0678. The minimum atomic E-state index is -2.29. The molecule has 0 saturated heterocycles. The van der Waals surface area contributed by atoms with Gasteiger partial charge in [0.2, 0.25) is 10.9 Å². The van der Waals surface area contributed by atoms with Gasteiger partial charge in [-0.15, -0.1) is 0 Å². The van der Waals surface area contributed by atoms with Gasteiger partial charge in [0.25, 0.3) is 0 Å². The third-order valence-electron chi connectivity index (χ3n) is 2.47. The number of carbonyl (C=O) groups is 1. The molecule has 0 unspecified atom stereocenters. The molecule has 0 bridgehead atoms. The van der Waals surface area contributed by atoms with E-state index in [9.17, 15) is 26.7 Å². The lowest BCUT2D eigenvalue weighted by atomic mass is 10.2. The van der Waals surface area contributed by atoms with Gasteiger partial charge in [-0.2, -0.15) is 0 Å². The van der Waals surface area contributed by atoms with Crippen molar-refractivity contribution in [2.24, 2.45) is 0 Å². The van der Waals surface area contributed by atoms with Crippen molar-refractivity contribution in [3.63, 3.8) is 0 Å². The van der Waals surface area contributed by atoms with Crippen molar-refractivity contribution in [2.45, 2.75) is 4.90 Å². The molecule has 0 radical (unpaired) electrons. The molecule has 2 aromatic rings. The highest BCUT2D eigenvalue weighted by Gasteiger charge is 2.27. The number of aromatic hydroxyl groups is 1. The average Bonchev–Trinajstić information content (AvgIpc) is 2.48. The van der Waals surface area contributed by atoms with E-state index in [1.54, 1.807) is 0 Å². The largest absolute Gasteiger partial charge is 0.508 e. The van der Waals surface area contributed by atoms with Crippen LogP contribution in [0.25, 0.3) is 0 Å². The highest BCUT2D eigenvalue weighted by Crippen LogP contribution is 2.32. The average molecular weight is 320 g/mol. The standard InChI is InChI=1S/C13H5F5O2S/c14-7-8(15)10(17)12(11(18)9(7)16)21-13(20)5-1-3-6(19)4-2-5/h1-4,19H. The summed E-state index contributed by atoms with van der Waals surface area (Å²) in [5, 5.41) is 8.11. The number of rotatable bonds is 2. The molecule has 0 atom stereocenters. The second kappa shape index (κ2) is 5.72. The Morgan fingerprint density at radius 2 is 1.24 bits per heavy atom.